The van der Waals surface area contributed by atoms with Crippen molar-refractivity contribution in [2.75, 3.05) is 78.0 Å². The molecule has 7 fully saturated rings. The van der Waals surface area contributed by atoms with E-state index in [4.69, 9.17) is 19.5 Å². The molecule has 3 aromatic rings. The molecule has 85 heavy (non-hydrogen) atoms. The Labute approximate surface area is 506 Å². The third kappa shape index (κ3) is 15.6. The zero-order valence-electron chi connectivity index (χ0n) is 52.9. The monoisotopic (exact) mass is 1160 g/mol. The number of benzene rings is 2. The van der Waals surface area contributed by atoms with Crippen molar-refractivity contribution in [2.24, 2.45) is 16.3 Å². The van der Waals surface area contributed by atoms with Crippen molar-refractivity contribution < 1.29 is 33.4 Å². The first-order chi connectivity index (χ1) is 40.9. The molecule has 6 saturated heterocycles. The number of piperidine rings is 3. The average Bonchev–Trinajstić information content (AvgIpc) is 1.79. The first-order valence-electron chi connectivity index (χ1n) is 31.9. The van der Waals surface area contributed by atoms with Crippen molar-refractivity contribution in [3.8, 4) is 23.1 Å². The molecule has 7 heterocycles. The second-order valence-electron chi connectivity index (χ2n) is 24.8. The van der Waals surface area contributed by atoms with Crippen LogP contribution in [-0.4, -0.2) is 145 Å². The molecule has 1 saturated carbocycles. The van der Waals surface area contributed by atoms with Gasteiger partial charge in [0.15, 0.2) is 5.90 Å². The van der Waals surface area contributed by atoms with E-state index in [9.17, 15) is 19.5 Å². The van der Waals surface area contributed by atoms with Crippen molar-refractivity contribution in [2.45, 2.75) is 182 Å². The van der Waals surface area contributed by atoms with Crippen molar-refractivity contribution in [1.82, 2.24) is 29.9 Å². The van der Waals surface area contributed by atoms with Crippen LogP contribution in [0.3, 0.4) is 0 Å². The molecule has 11 rings (SSSR count). The van der Waals surface area contributed by atoms with Gasteiger partial charge in [-0.15, -0.1) is 0 Å². The quantitative estimate of drug-likeness (QED) is 0.114. The number of hydrogen-bond donors (Lipinski definition) is 2. The number of ether oxygens (including phenoxy) is 2. The van der Waals surface area contributed by atoms with E-state index >= 15 is 4.39 Å². The molecule has 8 aliphatic rings. The van der Waals surface area contributed by atoms with Gasteiger partial charge in [-0.3, -0.25) is 24.4 Å². The van der Waals surface area contributed by atoms with Gasteiger partial charge in [0.2, 0.25) is 11.8 Å². The number of likely N-dealkylation sites (tertiary alicyclic amines) is 3. The summed E-state index contributed by atoms with van der Waals surface area (Å²) < 4.78 is 26.1. The summed E-state index contributed by atoms with van der Waals surface area (Å²) >= 11 is 0. The van der Waals surface area contributed by atoms with E-state index in [0.29, 0.717) is 50.3 Å². The number of fused-ring (bicyclic) bond motifs is 2. The highest BCUT2D eigenvalue weighted by Gasteiger charge is 2.48. The second kappa shape index (κ2) is 29.4. The maximum atomic E-state index is 15.0. The van der Waals surface area contributed by atoms with Crippen molar-refractivity contribution in [3.63, 3.8) is 0 Å². The predicted octanol–water partition coefficient (Wildman–Crippen LogP) is 10.9. The number of aliphatic hydroxyl groups is 1. The third-order valence-electron chi connectivity index (χ3n) is 18.9. The topological polar surface area (TPSA) is 143 Å². The smallest absolute Gasteiger partial charge is 0.409 e. The fourth-order valence-corrected chi connectivity index (χ4v) is 13.4. The number of nitrogens with one attached hydrogen (secondary N) is 1. The van der Waals surface area contributed by atoms with Gasteiger partial charge in [-0.05, 0) is 186 Å². The van der Waals surface area contributed by atoms with Gasteiger partial charge in [0.25, 0.3) is 0 Å². The predicted molar refractivity (Wildman–Crippen MR) is 341 cm³/mol. The number of methoxy groups -OCH3 is 1. The maximum absolute atomic E-state index is 15.0. The summed E-state index contributed by atoms with van der Waals surface area (Å²) in [5, 5.41) is 14.7. The van der Waals surface area contributed by atoms with E-state index < -0.39 is 6.10 Å². The van der Waals surface area contributed by atoms with Crippen LogP contribution in [0, 0.1) is 37.0 Å². The van der Waals surface area contributed by atoms with Crippen molar-refractivity contribution in [3.05, 3.63) is 98.4 Å². The molecule has 4 unspecified atom stereocenters. The van der Waals surface area contributed by atoms with Gasteiger partial charge in [-0.25, -0.2) is 9.18 Å². The van der Waals surface area contributed by atoms with E-state index in [0.717, 1.165) is 157 Å². The number of carbonyl (C=O) groups excluding carboxylic acids is 3. The van der Waals surface area contributed by atoms with E-state index in [1.54, 1.807) is 12.0 Å². The minimum atomic E-state index is -0.394. The Morgan fingerprint density at radius 3 is 2.36 bits per heavy atom. The highest BCUT2D eigenvalue weighted by molar-refractivity contribution is 5.93. The minimum absolute atomic E-state index is 0.00296. The average molecular weight is 1170 g/mol. The van der Waals surface area contributed by atoms with Crippen LogP contribution in [0.1, 0.15) is 177 Å². The fraction of sp³-hybridized carbons (Fsp3) is 0.586. The second-order valence-corrected chi connectivity index (χ2v) is 24.8. The van der Waals surface area contributed by atoms with Gasteiger partial charge in [0.05, 0.1) is 25.5 Å². The summed E-state index contributed by atoms with van der Waals surface area (Å²) in [7, 11) is 3.43. The van der Waals surface area contributed by atoms with E-state index in [1.165, 1.54) is 56.2 Å². The zero-order chi connectivity index (χ0) is 61.1. The van der Waals surface area contributed by atoms with Gasteiger partial charge in [0, 0.05) is 110 Å². The lowest BCUT2D eigenvalue weighted by atomic mass is 9.72. The Balaban J connectivity index is 0.000000188. The number of aliphatic imine (C=N–C) groups is 1. The zero-order valence-corrected chi connectivity index (χ0v) is 52.9. The standard InChI is InChI=1S/C31H38FN3O2.C30H42N4O3.C7H11NO.C2H6/c1-6-25-28(32)12-11-22-14-23(21-9-10-21)15-26(29(22)25)30-19(3)18(2)27(16-33-30)31(34-20(4)37-5)35-13-7-8-24(36)17-35;1-4-28(35)31(3)27-19-24(10-9-23(27)2)7-5-15-32-17-13-30(14-18-32)21-33(22-30)29(36)37-20-26-12-11-25-8-6-16-34(25)26;1-5-3-4-6(2)8-7(5)9;1-2/h14-16,21,24,36H,2,6-13,17H2,1,3-5H3;9-10,19,25-26H,4,6,8,11-18,20-22H2,1-3H3;5H,2-4H2,1H3,(H,8,9);1-2H3/b31-27+,34-20+;;;. The van der Waals surface area contributed by atoms with E-state index in [1.807, 2.05) is 84.8 Å². The Kier molecular flexibility index (Phi) is 22.3. The first kappa shape index (κ1) is 64.7. The number of carbonyl (C=O) groups is 3. The van der Waals surface area contributed by atoms with Crippen LogP contribution in [0.5, 0.6) is 0 Å². The molecule has 6 aliphatic heterocycles. The van der Waals surface area contributed by atoms with Gasteiger partial charge in [0.1, 0.15) is 18.3 Å². The number of aliphatic hydroxyl groups excluding tert-OH is 1. The number of amides is 3. The van der Waals surface area contributed by atoms with Crippen molar-refractivity contribution in [1.29, 1.82) is 0 Å². The van der Waals surface area contributed by atoms with Crippen LogP contribution in [0.4, 0.5) is 14.9 Å². The molecule has 14 nitrogen and oxygen atoms in total. The van der Waals surface area contributed by atoms with Crippen LogP contribution >= 0.6 is 0 Å². The number of anilines is 1. The molecule has 2 N–H and O–H groups in total. The highest BCUT2D eigenvalue weighted by Crippen LogP contribution is 2.47. The van der Waals surface area contributed by atoms with Gasteiger partial charge in [-0.1, -0.05) is 71.8 Å². The van der Waals surface area contributed by atoms with Crippen LogP contribution in [0.25, 0.3) is 29.2 Å². The Hall–Kier alpha value is -6.34. The fourth-order valence-electron chi connectivity index (χ4n) is 13.4. The van der Waals surface area contributed by atoms with Crippen LogP contribution in [0.2, 0.25) is 0 Å². The summed E-state index contributed by atoms with van der Waals surface area (Å²) in [6, 6.07) is 11.8. The number of pyridine rings is 1. The molecule has 0 bridgehead atoms. The SMILES string of the molecule is C=C1CCC(C)C(=O)N1.C=c1c(C)c(-c2cc(C3CC3)cc3c2C(CC)=C(F)CC3)nc/c1=C(/N=C(\C)OC)N1CCCC(O)C1.CC.CCC(=O)N(C)c1cc(C#CCN2CCC3(CC2)CN(C(=O)OCC2CCC4CCCN42)C3)ccc1C. The number of aromatic nitrogens is 1. The largest absolute Gasteiger partial charge is 0.484 e. The summed E-state index contributed by atoms with van der Waals surface area (Å²) in [6.45, 7) is 31.3. The summed E-state index contributed by atoms with van der Waals surface area (Å²) in [5.74, 6) is 8.88. The molecular formula is C70H97FN8O6. The molecule has 460 valence electrons. The van der Waals surface area contributed by atoms with Crippen LogP contribution < -0.4 is 20.7 Å². The summed E-state index contributed by atoms with van der Waals surface area (Å²) in [4.78, 5) is 56.0. The number of rotatable bonds is 10. The normalized spacial score (nSPS) is 23.0. The molecule has 2 aliphatic carbocycles. The molecule has 1 aromatic heterocycles. The lowest BCUT2D eigenvalue weighted by Crippen LogP contribution is -2.62. The molecule has 1 spiro atoms. The lowest BCUT2D eigenvalue weighted by Gasteiger charge is -2.53. The maximum Gasteiger partial charge on any atom is 0.409 e. The lowest BCUT2D eigenvalue weighted by molar-refractivity contribution is -0.125. The molecule has 0 radical (unpaired) electrons. The number of nitrogens with zero attached hydrogens (tertiary/aromatic N) is 7. The molecule has 3 amide bonds. The number of β-amino-alcohol motifs (C(OH)–C–C–N with tert-alkyl or cyclic N) is 1. The van der Waals surface area contributed by atoms with Crippen LogP contribution in [0.15, 0.2) is 59.6 Å². The van der Waals surface area contributed by atoms with Crippen molar-refractivity contribution >= 4 is 47.5 Å². The number of hydrogen-bond acceptors (Lipinski definition) is 11. The Bertz CT molecular complexity index is 3160. The summed E-state index contributed by atoms with van der Waals surface area (Å²) in [5.41, 5.74) is 11.3. The molecule has 4 atom stereocenters. The molecule has 15 heteroatoms. The third-order valence-corrected chi connectivity index (χ3v) is 18.9. The molecule has 2 aromatic carbocycles. The van der Waals surface area contributed by atoms with Gasteiger partial charge in [-0.2, -0.15) is 4.99 Å². The number of aryl methyl sites for hydroxylation is 2. The number of halogens is 1. The highest BCUT2D eigenvalue weighted by atomic mass is 19.1. The van der Waals surface area contributed by atoms with E-state index in [2.05, 4.69) is 64.1 Å². The van der Waals surface area contributed by atoms with Gasteiger partial charge < -0.3 is 34.6 Å². The summed E-state index contributed by atoms with van der Waals surface area (Å²) in [6.07, 6.45) is 16.9. The minimum Gasteiger partial charge on any atom is -0.484 e. The Morgan fingerprint density at radius 2 is 1.69 bits per heavy atom. The number of allylic oxidation sites excluding steroid dienone is 3. The van der Waals surface area contributed by atoms with Crippen LogP contribution in [-0.2, 0) is 25.5 Å². The molecular weight excluding hydrogens is 1070 g/mol. The van der Waals surface area contributed by atoms with Gasteiger partial charge >= 0.3 is 6.09 Å². The Morgan fingerprint density at radius 1 is 0.953 bits per heavy atom. The van der Waals surface area contributed by atoms with E-state index in [-0.39, 0.29) is 35.1 Å². The first-order valence-corrected chi connectivity index (χ1v) is 31.9.